The number of nitrogens with one attached hydrogen (secondary N) is 1. The molecule has 5 nitrogen and oxygen atoms in total. The first-order valence-corrected chi connectivity index (χ1v) is 8.54. The second-order valence-electron chi connectivity index (χ2n) is 6.47. The summed E-state index contributed by atoms with van der Waals surface area (Å²) in [6, 6.07) is 0.310. The highest BCUT2D eigenvalue weighted by atomic mass is 16.1. The van der Waals surface area contributed by atoms with Gasteiger partial charge in [-0.3, -0.25) is 14.5 Å². The Morgan fingerprint density at radius 3 is 2.87 bits per heavy atom. The van der Waals surface area contributed by atoms with Crippen LogP contribution in [0.2, 0.25) is 0 Å². The molecule has 0 aliphatic carbocycles. The molecule has 0 saturated carbocycles. The molecule has 3 heterocycles. The third-order valence-corrected chi connectivity index (χ3v) is 5.08. The van der Waals surface area contributed by atoms with Gasteiger partial charge in [0.05, 0.1) is 17.2 Å². The molecule has 0 fully saturated rings. The summed E-state index contributed by atoms with van der Waals surface area (Å²) in [5.74, 6) is 0. The maximum atomic E-state index is 12.3. The van der Waals surface area contributed by atoms with E-state index >= 15 is 0 Å². The van der Waals surface area contributed by atoms with Gasteiger partial charge < -0.3 is 4.98 Å². The number of nitrogens with zero attached hydrogens (tertiary/aromatic N) is 3. The fourth-order valence-corrected chi connectivity index (χ4v) is 3.45. The molecule has 0 spiro atoms. The maximum Gasteiger partial charge on any atom is 0.326 e. The predicted molar refractivity (Wildman–Crippen MR) is 93.6 cm³/mol. The highest BCUT2D eigenvalue weighted by Crippen LogP contribution is 2.25. The van der Waals surface area contributed by atoms with Gasteiger partial charge in [-0.2, -0.15) is 0 Å². The van der Waals surface area contributed by atoms with Crippen molar-refractivity contribution in [2.24, 2.45) is 0 Å². The summed E-state index contributed by atoms with van der Waals surface area (Å²) in [6.45, 7) is 11.1. The van der Waals surface area contributed by atoms with Crippen molar-refractivity contribution in [2.45, 2.75) is 59.7 Å². The van der Waals surface area contributed by atoms with Gasteiger partial charge in [-0.1, -0.05) is 25.5 Å². The Morgan fingerprint density at radius 1 is 1.43 bits per heavy atom. The second-order valence-corrected chi connectivity index (χ2v) is 6.47. The van der Waals surface area contributed by atoms with Gasteiger partial charge >= 0.3 is 5.69 Å². The van der Waals surface area contributed by atoms with E-state index in [0.29, 0.717) is 6.04 Å². The lowest BCUT2D eigenvalue weighted by molar-refractivity contribution is 0.209. The summed E-state index contributed by atoms with van der Waals surface area (Å²) in [4.78, 5) is 22.1. The van der Waals surface area contributed by atoms with Crippen LogP contribution in [-0.4, -0.2) is 32.0 Å². The molecule has 1 N–H and O–H groups in total. The molecule has 0 radical (unpaired) electrons. The quantitative estimate of drug-likeness (QED) is 0.883. The average Bonchev–Trinajstić information content (AvgIpc) is 2.75. The minimum absolute atomic E-state index is 0.0271. The second kappa shape index (κ2) is 6.32. The number of aryl methyl sites for hydroxylation is 1. The first kappa shape index (κ1) is 16.0. The molecule has 1 atom stereocenters. The van der Waals surface area contributed by atoms with Gasteiger partial charge in [0.25, 0.3) is 0 Å². The van der Waals surface area contributed by atoms with Gasteiger partial charge in [-0.15, -0.1) is 0 Å². The third-order valence-electron chi connectivity index (χ3n) is 5.08. The standard InChI is InChI=1S/C18H26N4O/c1-5-14(6-2)7-8-21-11-15-13(4)19-9-16-17(15)22(10-12(21)3)18(23)20-16/h7,9,12H,5-6,8,10-11H2,1-4H3,(H,20,23). The third kappa shape index (κ3) is 2.85. The zero-order valence-electron chi connectivity index (χ0n) is 14.5. The van der Waals surface area contributed by atoms with Crippen molar-refractivity contribution in [3.63, 3.8) is 0 Å². The lowest BCUT2D eigenvalue weighted by Crippen LogP contribution is -2.36. The number of imidazole rings is 1. The van der Waals surface area contributed by atoms with E-state index in [1.807, 2.05) is 11.5 Å². The first-order valence-electron chi connectivity index (χ1n) is 8.54. The zero-order valence-corrected chi connectivity index (χ0v) is 14.5. The number of aromatic nitrogens is 3. The van der Waals surface area contributed by atoms with Crippen LogP contribution in [0.3, 0.4) is 0 Å². The van der Waals surface area contributed by atoms with Crippen LogP contribution < -0.4 is 5.69 Å². The SMILES string of the molecule is CCC(=CCN1Cc2c(C)ncc3[nH]c(=O)n(c23)CC1C)CC. The van der Waals surface area contributed by atoms with Gasteiger partial charge in [0.15, 0.2) is 0 Å². The molecule has 0 aromatic carbocycles. The van der Waals surface area contributed by atoms with Crippen molar-refractivity contribution < 1.29 is 0 Å². The van der Waals surface area contributed by atoms with Crippen molar-refractivity contribution in [2.75, 3.05) is 6.54 Å². The van der Waals surface area contributed by atoms with E-state index in [1.165, 1.54) is 11.1 Å². The molecular weight excluding hydrogens is 288 g/mol. The molecule has 1 unspecified atom stereocenters. The van der Waals surface area contributed by atoms with E-state index in [1.54, 1.807) is 6.20 Å². The largest absolute Gasteiger partial charge is 0.326 e. The molecular formula is C18H26N4O. The van der Waals surface area contributed by atoms with Crippen LogP contribution in [0.25, 0.3) is 11.0 Å². The topological polar surface area (TPSA) is 53.9 Å². The smallest absolute Gasteiger partial charge is 0.304 e. The Morgan fingerprint density at radius 2 is 2.17 bits per heavy atom. The maximum absolute atomic E-state index is 12.3. The number of pyridine rings is 1. The van der Waals surface area contributed by atoms with E-state index in [0.717, 1.165) is 49.2 Å². The Hall–Kier alpha value is -1.88. The van der Waals surface area contributed by atoms with Crippen LogP contribution in [0.1, 0.15) is 44.9 Å². The lowest BCUT2D eigenvalue weighted by atomic mass is 10.1. The van der Waals surface area contributed by atoms with Gasteiger partial charge in [0, 0.05) is 36.9 Å². The highest BCUT2D eigenvalue weighted by Gasteiger charge is 2.25. The van der Waals surface area contributed by atoms with Crippen LogP contribution in [0.4, 0.5) is 0 Å². The average molecular weight is 314 g/mol. The van der Waals surface area contributed by atoms with Crippen molar-refractivity contribution in [3.8, 4) is 0 Å². The van der Waals surface area contributed by atoms with Crippen LogP contribution in [0.15, 0.2) is 22.6 Å². The summed E-state index contributed by atoms with van der Waals surface area (Å²) >= 11 is 0. The Kier molecular flexibility index (Phi) is 4.39. The van der Waals surface area contributed by atoms with Gasteiger partial charge in [0.1, 0.15) is 0 Å². The fourth-order valence-electron chi connectivity index (χ4n) is 3.45. The van der Waals surface area contributed by atoms with E-state index in [-0.39, 0.29) is 5.69 Å². The van der Waals surface area contributed by atoms with Crippen LogP contribution in [0, 0.1) is 6.92 Å². The number of H-pyrrole nitrogens is 1. The Labute approximate surface area is 137 Å². The van der Waals surface area contributed by atoms with E-state index < -0.39 is 0 Å². The number of aromatic amines is 1. The van der Waals surface area contributed by atoms with Crippen molar-refractivity contribution in [3.05, 3.63) is 39.6 Å². The molecule has 0 amide bonds. The number of rotatable bonds is 4. The van der Waals surface area contributed by atoms with Gasteiger partial charge in [-0.25, -0.2) is 4.79 Å². The van der Waals surface area contributed by atoms with Crippen molar-refractivity contribution in [1.29, 1.82) is 0 Å². The van der Waals surface area contributed by atoms with Crippen LogP contribution >= 0.6 is 0 Å². The fraction of sp³-hybridized carbons (Fsp3) is 0.556. The minimum Gasteiger partial charge on any atom is -0.304 e. The minimum atomic E-state index is -0.0271. The molecule has 23 heavy (non-hydrogen) atoms. The number of hydrogen-bond donors (Lipinski definition) is 1. The molecule has 5 heteroatoms. The summed E-state index contributed by atoms with van der Waals surface area (Å²) < 4.78 is 1.88. The molecule has 1 aliphatic heterocycles. The number of hydrogen-bond acceptors (Lipinski definition) is 3. The monoisotopic (exact) mass is 314 g/mol. The molecule has 3 rings (SSSR count). The normalized spacial score (nSPS) is 18.2. The van der Waals surface area contributed by atoms with E-state index in [2.05, 4.69) is 41.7 Å². The molecule has 1 aliphatic rings. The molecule has 124 valence electrons. The Balaban J connectivity index is 2.01. The van der Waals surface area contributed by atoms with Gasteiger partial charge in [-0.05, 0) is 26.7 Å². The molecule has 2 aromatic rings. The first-order chi connectivity index (χ1) is 11.0. The predicted octanol–water partition coefficient (Wildman–Crippen LogP) is 2.98. The number of allylic oxidation sites excluding steroid dienone is 1. The van der Waals surface area contributed by atoms with Crippen molar-refractivity contribution in [1.82, 2.24) is 19.4 Å². The summed E-state index contributed by atoms with van der Waals surface area (Å²) in [6.07, 6.45) is 6.34. The summed E-state index contributed by atoms with van der Waals surface area (Å²) in [5.41, 5.74) is 5.54. The molecule has 0 saturated heterocycles. The van der Waals surface area contributed by atoms with Gasteiger partial charge in [0.2, 0.25) is 0 Å². The Bertz CT molecular complexity index is 793. The van der Waals surface area contributed by atoms with Crippen molar-refractivity contribution >= 4 is 11.0 Å². The molecule has 0 bridgehead atoms. The lowest BCUT2D eigenvalue weighted by Gasteiger charge is -2.26. The van der Waals surface area contributed by atoms with Crippen LogP contribution in [-0.2, 0) is 13.1 Å². The highest BCUT2D eigenvalue weighted by molar-refractivity contribution is 5.79. The van der Waals surface area contributed by atoms with E-state index in [9.17, 15) is 4.79 Å². The van der Waals surface area contributed by atoms with E-state index in [4.69, 9.17) is 0 Å². The zero-order chi connectivity index (χ0) is 16.6. The van der Waals surface area contributed by atoms with Crippen LogP contribution in [0.5, 0.6) is 0 Å². The summed E-state index contributed by atoms with van der Waals surface area (Å²) in [7, 11) is 0. The summed E-state index contributed by atoms with van der Waals surface area (Å²) in [5, 5.41) is 0. The molecule has 2 aromatic heterocycles.